The molecule has 1 saturated carbocycles. The fraction of sp³-hybridized carbons (Fsp3) is 1.00. The molecule has 0 aromatic rings. The fourth-order valence-electron chi connectivity index (χ4n) is 2.60. The minimum absolute atomic E-state index is 0.540. The van der Waals surface area contributed by atoms with E-state index in [1.54, 1.807) is 7.11 Å². The number of hydrogen-bond acceptors (Lipinski definition) is 3. The van der Waals surface area contributed by atoms with Crippen molar-refractivity contribution in [2.75, 3.05) is 26.8 Å². The molecule has 0 aliphatic heterocycles. The highest BCUT2D eigenvalue weighted by atomic mass is 16.5. The van der Waals surface area contributed by atoms with E-state index in [9.17, 15) is 0 Å². The van der Waals surface area contributed by atoms with E-state index in [0.717, 1.165) is 25.6 Å². The third kappa shape index (κ3) is 4.57. The lowest BCUT2D eigenvalue weighted by molar-refractivity contribution is 0.0743. The number of hydrogen-bond donors (Lipinski definition) is 1. The van der Waals surface area contributed by atoms with Crippen LogP contribution in [0.4, 0.5) is 0 Å². The van der Waals surface area contributed by atoms with Crippen molar-refractivity contribution in [1.29, 1.82) is 0 Å². The van der Waals surface area contributed by atoms with Crippen molar-refractivity contribution in [3.63, 3.8) is 0 Å². The molecule has 17 heavy (non-hydrogen) atoms. The molecule has 3 atom stereocenters. The summed E-state index contributed by atoms with van der Waals surface area (Å²) < 4.78 is 5.25. The van der Waals surface area contributed by atoms with Crippen LogP contribution in [0.15, 0.2) is 0 Å². The Hall–Kier alpha value is -0.120. The molecule has 0 heterocycles. The van der Waals surface area contributed by atoms with Crippen molar-refractivity contribution in [3.05, 3.63) is 0 Å². The molecule has 1 fully saturated rings. The minimum Gasteiger partial charge on any atom is -0.383 e. The third-order valence-electron chi connectivity index (χ3n) is 4.15. The summed E-state index contributed by atoms with van der Waals surface area (Å²) in [4.78, 5) is 2.62. The van der Waals surface area contributed by atoms with Crippen molar-refractivity contribution >= 4 is 0 Å². The number of ether oxygens (including phenoxy) is 1. The first-order chi connectivity index (χ1) is 8.11. The second kappa shape index (κ2) is 7.34. The van der Waals surface area contributed by atoms with E-state index in [2.05, 4.69) is 37.9 Å². The molecule has 0 aromatic heterocycles. The summed E-state index contributed by atoms with van der Waals surface area (Å²) in [5.41, 5.74) is 0. The van der Waals surface area contributed by atoms with Crippen molar-refractivity contribution in [2.45, 2.75) is 58.7 Å². The molecular formula is C14H30N2O. The summed E-state index contributed by atoms with van der Waals surface area (Å²) in [6.07, 6.45) is 2.82. The van der Waals surface area contributed by atoms with E-state index in [-0.39, 0.29) is 0 Å². The molecule has 0 saturated heterocycles. The molecule has 3 heteroatoms. The molecule has 1 aliphatic rings. The van der Waals surface area contributed by atoms with Gasteiger partial charge in [-0.25, -0.2) is 0 Å². The molecule has 3 unspecified atom stereocenters. The molecule has 0 radical (unpaired) electrons. The van der Waals surface area contributed by atoms with Gasteiger partial charge >= 0.3 is 0 Å². The quantitative estimate of drug-likeness (QED) is 0.670. The second-order valence-corrected chi connectivity index (χ2v) is 5.40. The van der Waals surface area contributed by atoms with E-state index in [0.29, 0.717) is 18.1 Å². The SMILES string of the molecule is CCNC(C)C(C)N(CCOC)C(C)C1CC1. The molecule has 102 valence electrons. The summed E-state index contributed by atoms with van der Waals surface area (Å²) in [7, 11) is 1.79. The summed E-state index contributed by atoms with van der Waals surface area (Å²) >= 11 is 0. The normalized spacial score (nSPS) is 21.5. The average Bonchev–Trinajstić information content (AvgIpc) is 3.13. The van der Waals surface area contributed by atoms with Gasteiger partial charge in [0.15, 0.2) is 0 Å². The number of rotatable bonds is 9. The van der Waals surface area contributed by atoms with Gasteiger partial charge in [0.2, 0.25) is 0 Å². The maximum Gasteiger partial charge on any atom is 0.0589 e. The van der Waals surface area contributed by atoms with Crippen LogP contribution in [0.1, 0.15) is 40.5 Å². The number of nitrogens with zero attached hydrogens (tertiary/aromatic N) is 1. The van der Waals surface area contributed by atoms with Gasteiger partial charge < -0.3 is 10.1 Å². The first-order valence-electron chi connectivity index (χ1n) is 7.09. The van der Waals surface area contributed by atoms with Crippen molar-refractivity contribution in [1.82, 2.24) is 10.2 Å². The van der Waals surface area contributed by atoms with Gasteiger partial charge in [-0.3, -0.25) is 4.90 Å². The lowest BCUT2D eigenvalue weighted by Gasteiger charge is -2.38. The molecule has 0 amide bonds. The van der Waals surface area contributed by atoms with E-state index in [1.165, 1.54) is 12.8 Å². The predicted octanol–water partition coefficient (Wildman–Crippen LogP) is 2.12. The Kier molecular flexibility index (Phi) is 6.45. The van der Waals surface area contributed by atoms with Crippen LogP contribution in [0.5, 0.6) is 0 Å². The summed E-state index contributed by atoms with van der Waals surface area (Å²) in [6, 6.07) is 1.81. The highest BCUT2D eigenvalue weighted by molar-refractivity contribution is 4.89. The van der Waals surface area contributed by atoms with Gasteiger partial charge in [0.05, 0.1) is 6.61 Å². The van der Waals surface area contributed by atoms with Crippen LogP contribution in [0.3, 0.4) is 0 Å². The Morgan fingerprint density at radius 1 is 1.29 bits per heavy atom. The smallest absolute Gasteiger partial charge is 0.0589 e. The average molecular weight is 242 g/mol. The van der Waals surface area contributed by atoms with Crippen molar-refractivity contribution in [3.8, 4) is 0 Å². The van der Waals surface area contributed by atoms with Crippen LogP contribution in [0.25, 0.3) is 0 Å². The number of nitrogens with one attached hydrogen (secondary N) is 1. The standard InChI is InChI=1S/C14H30N2O/c1-6-15-11(2)12(3)16(9-10-17-5)13(4)14-7-8-14/h11-15H,6-10H2,1-5H3. The lowest BCUT2D eigenvalue weighted by atomic mass is 10.1. The maximum atomic E-state index is 5.25. The first-order valence-corrected chi connectivity index (χ1v) is 7.09. The molecule has 1 N–H and O–H groups in total. The van der Waals surface area contributed by atoms with Gasteiger partial charge in [-0.1, -0.05) is 6.92 Å². The molecule has 1 rings (SSSR count). The Labute approximate surface area is 107 Å². The Morgan fingerprint density at radius 2 is 1.94 bits per heavy atom. The molecule has 0 spiro atoms. The summed E-state index contributed by atoms with van der Waals surface area (Å²) in [5.74, 6) is 0.920. The van der Waals surface area contributed by atoms with Crippen molar-refractivity contribution < 1.29 is 4.74 Å². The van der Waals surface area contributed by atoms with Crippen molar-refractivity contribution in [2.24, 2.45) is 5.92 Å². The Morgan fingerprint density at radius 3 is 2.41 bits per heavy atom. The Balaban J connectivity index is 2.53. The van der Waals surface area contributed by atoms with E-state index in [1.807, 2.05) is 0 Å². The zero-order chi connectivity index (χ0) is 12.8. The molecular weight excluding hydrogens is 212 g/mol. The van der Waals surface area contributed by atoms with Crippen LogP contribution in [0, 0.1) is 5.92 Å². The Bertz CT molecular complexity index is 206. The first kappa shape index (κ1) is 14.9. The highest BCUT2D eigenvalue weighted by Gasteiger charge is 2.34. The topological polar surface area (TPSA) is 24.5 Å². The number of likely N-dealkylation sites (N-methyl/N-ethyl adjacent to an activating group) is 1. The van der Waals surface area contributed by atoms with Gasteiger partial charge in [-0.2, -0.15) is 0 Å². The molecule has 3 nitrogen and oxygen atoms in total. The minimum atomic E-state index is 0.540. The summed E-state index contributed by atoms with van der Waals surface area (Å²) in [5, 5.41) is 3.53. The van der Waals surface area contributed by atoms with Crippen LogP contribution in [-0.4, -0.2) is 49.8 Å². The van der Waals surface area contributed by atoms with Gasteiger partial charge in [0, 0.05) is 31.8 Å². The predicted molar refractivity (Wildman–Crippen MR) is 73.4 cm³/mol. The molecule has 0 aromatic carbocycles. The van der Waals surface area contributed by atoms with E-state index >= 15 is 0 Å². The van der Waals surface area contributed by atoms with Gasteiger partial charge in [0.1, 0.15) is 0 Å². The van der Waals surface area contributed by atoms with E-state index < -0.39 is 0 Å². The monoisotopic (exact) mass is 242 g/mol. The third-order valence-corrected chi connectivity index (χ3v) is 4.15. The van der Waals surface area contributed by atoms with Crippen LogP contribution in [-0.2, 0) is 4.74 Å². The highest BCUT2D eigenvalue weighted by Crippen LogP contribution is 2.36. The lowest BCUT2D eigenvalue weighted by Crippen LogP contribution is -2.52. The van der Waals surface area contributed by atoms with Gasteiger partial charge in [0.25, 0.3) is 0 Å². The zero-order valence-electron chi connectivity index (χ0n) is 12.2. The fourth-order valence-corrected chi connectivity index (χ4v) is 2.60. The van der Waals surface area contributed by atoms with Crippen LogP contribution >= 0.6 is 0 Å². The second-order valence-electron chi connectivity index (χ2n) is 5.40. The maximum absolute atomic E-state index is 5.25. The van der Waals surface area contributed by atoms with E-state index in [4.69, 9.17) is 4.74 Å². The largest absolute Gasteiger partial charge is 0.383 e. The van der Waals surface area contributed by atoms with Gasteiger partial charge in [-0.05, 0) is 46.1 Å². The van der Waals surface area contributed by atoms with Crippen LogP contribution < -0.4 is 5.32 Å². The van der Waals surface area contributed by atoms with Crippen LogP contribution in [0.2, 0.25) is 0 Å². The number of methoxy groups -OCH3 is 1. The molecule has 0 bridgehead atoms. The van der Waals surface area contributed by atoms with Gasteiger partial charge in [-0.15, -0.1) is 0 Å². The zero-order valence-corrected chi connectivity index (χ0v) is 12.2. The molecule has 1 aliphatic carbocycles. The summed E-state index contributed by atoms with van der Waals surface area (Å²) in [6.45, 7) is 12.1.